The lowest BCUT2D eigenvalue weighted by Crippen LogP contribution is -2.14. The quantitative estimate of drug-likeness (QED) is 0.833. The van der Waals surface area contributed by atoms with Crippen LogP contribution in [-0.2, 0) is 11.3 Å². The van der Waals surface area contributed by atoms with Crippen LogP contribution in [-0.4, -0.2) is 15.7 Å². The summed E-state index contributed by atoms with van der Waals surface area (Å²) >= 11 is 5.94. The van der Waals surface area contributed by atoms with E-state index in [0.717, 1.165) is 16.9 Å². The summed E-state index contributed by atoms with van der Waals surface area (Å²) in [5.74, 6) is -0.0281. The van der Waals surface area contributed by atoms with Gasteiger partial charge >= 0.3 is 0 Å². The Labute approximate surface area is 129 Å². The predicted octanol–water partition coefficient (Wildman–Crippen LogP) is 3.15. The maximum atomic E-state index is 11.9. The Kier molecular flexibility index (Phi) is 4.85. The highest BCUT2D eigenvalue weighted by atomic mass is 35.5. The molecule has 21 heavy (non-hydrogen) atoms. The Bertz CT molecular complexity index is 651. The average molecular weight is 307 g/mol. The van der Waals surface area contributed by atoms with Crippen molar-refractivity contribution in [1.82, 2.24) is 9.78 Å². The molecule has 0 aliphatic rings. The van der Waals surface area contributed by atoms with Crippen LogP contribution < -0.4 is 11.1 Å². The summed E-state index contributed by atoms with van der Waals surface area (Å²) < 4.78 is 1.81. The van der Waals surface area contributed by atoms with E-state index in [-0.39, 0.29) is 5.91 Å². The minimum Gasteiger partial charge on any atom is -0.398 e. The number of nitrogens with two attached hydrogens (primary N) is 1. The summed E-state index contributed by atoms with van der Waals surface area (Å²) in [6.07, 6.45) is 2.74. The molecule has 3 N–H and O–H groups in total. The number of rotatable bonds is 5. The largest absolute Gasteiger partial charge is 0.398 e. The number of anilines is 2. The van der Waals surface area contributed by atoms with Gasteiger partial charge in [0.05, 0.1) is 16.9 Å². The Morgan fingerprint density at radius 3 is 2.86 bits per heavy atom. The van der Waals surface area contributed by atoms with Gasteiger partial charge in [0.2, 0.25) is 5.91 Å². The van der Waals surface area contributed by atoms with Gasteiger partial charge in [0.1, 0.15) is 0 Å². The van der Waals surface area contributed by atoms with Crippen molar-refractivity contribution in [3.05, 3.63) is 40.7 Å². The highest BCUT2D eigenvalue weighted by Crippen LogP contribution is 2.20. The van der Waals surface area contributed by atoms with E-state index in [4.69, 9.17) is 17.3 Å². The topological polar surface area (TPSA) is 72.9 Å². The lowest BCUT2D eigenvalue weighted by atomic mass is 10.1. The summed E-state index contributed by atoms with van der Waals surface area (Å²) in [6, 6.07) is 5.49. The molecule has 5 nitrogen and oxygen atoms in total. The van der Waals surface area contributed by atoms with Crippen LogP contribution in [0.1, 0.15) is 24.1 Å². The Morgan fingerprint density at radius 2 is 2.19 bits per heavy atom. The number of hydrogen-bond acceptors (Lipinski definition) is 3. The number of nitrogens with one attached hydrogen (secondary N) is 1. The second-order valence-corrected chi connectivity index (χ2v) is 5.38. The maximum Gasteiger partial charge on any atom is 0.224 e. The van der Waals surface area contributed by atoms with Gasteiger partial charge in [0, 0.05) is 24.3 Å². The molecule has 1 aromatic heterocycles. The fraction of sp³-hybridized carbons (Fsp3) is 0.333. The van der Waals surface area contributed by atoms with E-state index >= 15 is 0 Å². The van der Waals surface area contributed by atoms with Gasteiger partial charge < -0.3 is 11.1 Å². The van der Waals surface area contributed by atoms with E-state index < -0.39 is 0 Å². The maximum absolute atomic E-state index is 11.9. The molecule has 2 aromatic rings. The van der Waals surface area contributed by atoms with Crippen LogP contribution in [0.2, 0.25) is 5.02 Å². The molecule has 1 heterocycles. The zero-order valence-electron chi connectivity index (χ0n) is 12.2. The van der Waals surface area contributed by atoms with Gasteiger partial charge in [-0.05, 0) is 38.0 Å². The summed E-state index contributed by atoms with van der Waals surface area (Å²) in [5.41, 5.74) is 9.06. The van der Waals surface area contributed by atoms with Gasteiger partial charge in [-0.1, -0.05) is 17.7 Å². The average Bonchev–Trinajstić information content (AvgIpc) is 2.76. The molecule has 112 valence electrons. The van der Waals surface area contributed by atoms with Crippen LogP contribution in [0.5, 0.6) is 0 Å². The van der Waals surface area contributed by atoms with Crippen molar-refractivity contribution in [2.24, 2.45) is 0 Å². The van der Waals surface area contributed by atoms with Crippen molar-refractivity contribution in [2.75, 3.05) is 11.1 Å². The third-order valence-corrected chi connectivity index (χ3v) is 3.84. The number of aryl methyl sites for hydroxylation is 1. The normalized spacial score (nSPS) is 10.6. The molecule has 0 saturated heterocycles. The molecule has 1 aromatic carbocycles. The molecule has 0 unspecified atom stereocenters. The first-order valence-corrected chi connectivity index (χ1v) is 7.19. The van der Waals surface area contributed by atoms with E-state index in [2.05, 4.69) is 10.4 Å². The van der Waals surface area contributed by atoms with Crippen molar-refractivity contribution in [1.29, 1.82) is 0 Å². The number of nitrogen functional groups attached to an aromatic ring is 1. The summed E-state index contributed by atoms with van der Waals surface area (Å²) in [7, 11) is 0. The lowest BCUT2D eigenvalue weighted by Gasteiger charge is -2.10. The van der Waals surface area contributed by atoms with Crippen LogP contribution in [0.4, 0.5) is 11.4 Å². The van der Waals surface area contributed by atoms with Gasteiger partial charge in [-0.25, -0.2) is 0 Å². The molecule has 2 rings (SSSR count). The highest BCUT2D eigenvalue weighted by molar-refractivity contribution is 6.31. The minimum absolute atomic E-state index is 0.0281. The van der Waals surface area contributed by atoms with Gasteiger partial charge in [-0.3, -0.25) is 9.48 Å². The predicted molar refractivity (Wildman–Crippen MR) is 85.4 cm³/mol. The van der Waals surface area contributed by atoms with Crippen LogP contribution in [0.15, 0.2) is 24.4 Å². The smallest absolute Gasteiger partial charge is 0.224 e. The Morgan fingerprint density at radius 1 is 1.43 bits per heavy atom. The molecular weight excluding hydrogens is 288 g/mol. The second-order valence-electron chi connectivity index (χ2n) is 4.97. The van der Waals surface area contributed by atoms with E-state index in [1.807, 2.05) is 32.0 Å². The zero-order valence-corrected chi connectivity index (χ0v) is 12.9. The number of hydrogen-bond donors (Lipinski definition) is 2. The Hall–Kier alpha value is -2.01. The molecule has 0 atom stereocenters. The number of carbonyl (C=O) groups excluding carboxylic acids is 1. The SMILES string of the molecule is Cc1c(N)cccc1NC(=O)CCCn1ncc(Cl)c1C. The number of amides is 1. The monoisotopic (exact) mass is 306 g/mol. The second kappa shape index (κ2) is 6.63. The van der Waals surface area contributed by atoms with E-state index in [0.29, 0.717) is 30.1 Å². The molecule has 0 aliphatic heterocycles. The van der Waals surface area contributed by atoms with Gasteiger partial charge in [-0.15, -0.1) is 0 Å². The van der Waals surface area contributed by atoms with Crippen molar-refractivity contribution < 1.29 is 4.79 Å². The Balaban J connectivity index is 1.85. The first-order chi connectivity index (χ1) is 9.99. The highest BCUT2D eigenvalue weighted by Gasteiger charge is 2.08. The summed E-state index contributed by atoms with van der Waals surface area (Å²) in [4.78, 5) is 11.9. The van der Waals surface area contributed by atoms with E-state index in [1.165, 1.54) is 0 Å². The molecule has 0 aliphatic carbocycles. The zero-order chi connectivity index (χ0) is 15.4. The van der Waals surface area contributed by atoms with Crippen molar-refractivity contribution in [3.8, 4) is 0 Å². The molecule has 0 radical (unpaired) electrons. The first kappa shape index (κ1) is 15.4. The number of halogens is 1. The minimum atomic E-state index is -0.0281. The lowest BCUT2D eigenvalue weighted by molar-refractivity contribution is -0.116. The van der Waals surface area contributed by atoms with Crippen LogP contribution in [0.3, 0.4) is 0 Å². The summed E-state index contributed by atoms with van der Waals surface area (Å²) in [6.45, 7) is 4.47. The first-order valence-electron chi connectivity index (χ1n) is 6.82. The molecule has 0 spiro atoms. The molecular formula is C15H19ClN4O. The van der Waals surface area contributed by atoms with Gasteiger partial charge in [0.15, 0.2) is 0 Å². The fourth-order valence-corrected chi connectivity index (χ4v) is 2.18. The van der Waals surface area contributed by atoms with Crippen molar-refractivity contribution >= 4 is 28.9 Å². The fourth-order valence-electron chi connectivity index (χ4n) is 2.04. The number of aromatic nitrogens is 2. The van der Waals surface area contributed by atoms with Gasteiger partial charge in [0.25, 0.3) is 0 Å². The van der Waals surface area contributed by atoms with Crippen LogP contribution in [0, 0.1) is 13.8 Å². The van der Waals surface area contributed by atoms with Gasteiger partial charge in [-0.2, -0.15) is 5.10 Å². The van der Waals surface area contributed by atoms with Crippen molar-refractivity contribution in [3.63, 3.8) is 0 Å². The number of benzene rings is 1. The van der Waals surface area contributed by atoms with Crippen LogP contribution in [0.25, 0.3) is 0 Å². The van der Waals surface area contributed by atoms with Crippen LogP contribution >= 0.6 is 11.6 Å². The summed E-state index contributed by atoms with van der Waals surface area (Å²) in [5, 5.41) is 7.69. The third-order valence-electron chi connectivity index (χ3n) is 3.47. The molecule has 0 bridgehead atoms. The van der Waals surface area contributed by atoms with E-state index in [9.17, 15) is 4.79 Å². The molecule has 1 amide bonds. The van der Waals surface area contributed by atoms with E-state index in [1.54, 1.807) is 10.9 Å². The molecule has 0 fully saturated rings. The molecule has 0 saturated carbocycles. The standard InChI is InChI=1S/C15H19ClN4O/c1-10-13(17)5-3-6-14(10)19-15(21)7-4-8-20-11(2)12(16)9-18-20/h3,5-6,9H,4,7-8,17H2,1-2H3,(H,19,21). The third kappa shape index (κ3) is 3.76. The molecule has 6 heteroatoms. The number of carbonyl (C=O) groups is 1. The van der Waals surface area contributed by atoms with Crippen molar-refractivity contribution in [2.45, 2.75) is 33.2 Å². The number of nitrogens with zero attached hydrogens (tertiary/aromatic N) is 2.